The molecule has 0 spiro atoms. The van der Waals surface area contributed by atoms with E-state index in [1.165, 1.54) is 0 Å². The molecule has 1 aromatic rings. The normalized spacial score (nSPS) is 16.2. The number of para-hydroxylation sites is 1. The second-order valence-corrected chi connectivity index (χ2v) is 5.28. The van der Waals surface area contributed by atoms with Gasteiger partial charge in [-0.05, 0) is 31.0 Å². The summed E-state index contributed by atoms with van der Waals surface area (Å²) in [6, 6.07) is 5.46. The van der Waals surface area contributed by atoms with Crippen LogP contribution in [0.15, 0.2) is 29.8 Å². The van der Waals surface area contributed by atoms with Gasteiger partial charge in [0.05, 0.1) is 16.4 Å². The maximum atomic E-state index is 8.35. The third kappa shape index (κ3) is 3.17. The monoisotopic (exact) mass is 277 g/mol. The van der Waals surface area contributed by atoms with Crippen LogP contribution in [0.2, 0.25) is 5.02 Å². The highest BCUT2D eigenvalue weighted by Gasteiger charge is 2.18. The number of benzene rings is 1. The van der Waals surface area contributed by atoms with E-state index >= 15 is 0 Å². The zero-order valence-corrected chi connectivity index (χ0v) is 12.0. The van der Waals surface area contributed by atoms with E-state index in [0.717, 1.165) is 43.6 Å². The topological polar surface area (TPSA) is 53.1 Å². The van der Waals surface area contributed by atoms with Crippen LogP contribution in [0.3, 0.4) is 0 Å². The van der Waals surface area contributed by atoms with Gasteiger partial charge in [-0.15, -0.1) is 0 Å². The highest BCUT2D eigenvalue weighted by molar-refractivity contribution is 6.34. The minimum atomic E-state index is 0.501. The summed E-state index contributed by atoms with van der Waals surface area (Å²) >= 11 is 6.02. The Balaban J connectivity index is 2.20. The predicted octanol–water partition coefficient (Wildman–Crippen LogP) is 3.33. The average molecular weight is 278 g/mol. The van der Waals surface area contributed by atoms with Crippen LogP contribution in [0.4, 0.5) is 5.69 Å². The predicted molar refractivity (Wildman–Crippen MR) is 82.1 cm³/mol. The van der Waals surface area contributed by atoms with E-state index in [4.69, 9.17) is 22.7 Å². The minimum absolute atomic E-state index is 0.501. The van der Waals surface area contributed by atoms with Crippen LogP contribution in [0, 0.1) is 5.41 Å². The van der Waals surface area contributed by atoms with Crippen molar-refractivity contribution in [1.29, 1.82) is 5.41 Å². The molecule has 0 radical (unpaired) electrons. The van der Waals surface area contributed by atoms with Gasteiger partial charge < -0.3 is 5.73 Å². The number of rotatable bonds is 4. The lowest BCUT2D eigenvalue weighted by Crippen LogP contribution is -2.33. The van der Waals surface area contributed by atoms with E-state index < -0.39 is 0 Å². The molecule has 0 atom stereocenters. The molecule has 3 N–H and O–H groups in total. The molecule has 0 aliphatic carbocycles. The van der Waals surface area contributed by atoms with Crippen molar-refractivity contribution < 1.29 is 0 Å². The van der Waals surface area contributed by atoms with Crippen LogP contribution in [-0.2, 0) is 0 Å². The van der Waals surface area contributed by atoms with E-state index in [1.807, 2.05) is 12.1 Å². The number of anilines is 1. The molecule has 0 aromatic heterocycles. The van der Waals surface area contributed by atoms with Crippen molar-refractivity contribution >= 4 is 23.0 Å². The Kier molecular flexibility index (Phi) is 4.61. The van der Waals surface area contributed by atoms with E-state index in [0.29, 0.717) is 16.4 Å². The summed E-state index contributed by atoms with van der Waals surface area (Å²) in [5.41, 5.74) is 8.76. The fraction of sp³-hybridized carbons (Fsp3) is 0.400. The zero-order valence-electron chi connectivity index (χ0n) is 11.2. The maximum Gasteiger partial charge on any atom is 0.0675 e. The largest absolute Gasteiger partial charge is 0.397 e. The van der Waals surface area contributed by atoms with Crippen molar-refractivity contribution in [3.05, 3.63) is 40.4 Å². The van der Waals surface area contributed by atoms with Gasteiger partial charge in [-0.2, -0.15) is 0 Å². The van der Waals surface area contributed by atoms with Gasteiger partial charge in [0, 0.05) is 18.7 Å². The highest BCUT2D eigenvalue weighted by Crippen LogP contribution is 2.25. The molecule has 4 heteroatoms. The van der Waals surface area contributed by atoms with Crippen LogP contribution in [-0.4, -0.2) is 30.2 Å². The first-order valence-electron chi connectivity index (χ1n) is 6.68. The smallest absolute Gasteiger partial charge is 0.0675 e. The van der Waals surface area contributed by atoms with Crippen LogP contribution in [0.5, 0.6) is 0 Å². The molecule has 0 unspecified atom stereocenters. The van der Waals surface area contributed by atoms with Crippen molar-refractivity contribution in [2.45, 2.75) is 19.8 Å². The molecular formula is C15H20ClN3. The molecular weight excluding hydrogens is 258 g/mol. The lowest BCUT2D eigenvalue weighted by molar-refractivity contribution is 0.295. The lowest BCUT2D eigenvalue weighted by atomic mass is 9.97. The number of nitrogens with zero attached hydrogens (tertiary/aromatic N) is 1. The van der Waals surface area contributed by atoms with Gasteiger partial charge in [0.1, 0.15) is 0 Å². The standard InChI is InChI=1S/C15H20ClN3/c1-2-8-19-9-4-5-11(10-19)14(17)12-6-3-7-13(16)15(12)18/h3,5-7,17H,2,4,8-10,18H2,1H3. The maximum absolute atomic E-state index is 8.35. The molecule has 19 heavy (non-hydrogen) atoms. The Morgan fingerprint density at radius 1 is 1.47 bits per heavy atom. The fourth-order valence-corrected chi connectivity index (χ4v) is 2.60. The molecule has 0 bridgehead atoms. The van der Waals surface area contributed by atoms with Gasteiger partial charge in [0.15, 0.2) is 0 Å². The summed E-state index contributed by atoms with van der Waals surface area (Å²) in [6.07, 6.45) is 4.28. The first-order chi connectivity index (χ1) is 9.13. The Morgan fingerprint density at radius 2 is 2.26 bits per heavy atom. The minimum Gasteiger partial charge on any atom is -0.397 e. The SMILES string of the molecule is CCCN1CCC=C(C(=N)c2cccc(Cl)c2N)C1. The molecule has 0 saturated carbocycles. The van der Waals surface area contributed by atoms with E-state index in [-0.39, 0.29) is 0 Å². The summed E-state index contributed by atoms with van der Waals surface area (Å²) in [6.45, 7) is 5.17. The molecule has 1 aliphatic rings. The van der Waals surface area contributed by atoms with Gasteiger partial charge in [-0.1, -0.05) is 36.7 Å². The molecule has 2 rings (SSSR count). The van der Waals surface area contributed by atoms with Crippen LogP contribution >= 0.6 is 11.6 Å². The Labute approximate surface area is 119 Å². The molecule has 1 aliphatic heterocycles. The van der Waals surface area contributed by atoms with Crippen molar-refractivity contribution in [1.82, 2.24) is 4.90 Å². The number of halogens is 1. The molecule has 1 aromatic carbocycles. The second kappa shape index (κ2) is 6.22. The summed E-state index contributed by atoms with van der Waals surface area (Å²) in [7, 11) is 0. The molecule has 102 valence electrons. The summed E-state index contributed by atoms with van der Waals surface area (Å²) < 4.78 is 0. The molecule has 1 heterocycles. The molecule has 0 saturated heterocycles. The zero-order chi connectivity index (χ0) is 13.8. The molecule has 0 amide bonds. The van der Waals surface area contributed by atoms with Gasteiger partial charge in [-0.3, -0.25) is 10.3 Å². The molecule has 3 nitrogen and oxygen atoms in total. The van der Waals surface area contributed by atoms with Crippen LogP contribution in [0.25, 0.3) is 0 Å². The van der Waals surface area contributed by atoms with E-state index in [2.05, 4.69) is 17.9 Å². The summed E-state index contributed by atoms with van der Waals surface area (Å²) in [5, 5.41) is 8.87. The fourth-order valence-electron chi connectivity index (χ4n) is 2.42. The average Bonchev–Trinajstić information content (AvgIpc) is 2.42. The van der Waals surface area contributed by atoms with Gasteiger partial charge in [0.25, 0.3) is 0 Å². The summed E-state index contributed by atoms with van der Waals surface area (Å²) in [4.78, 5) is 2.38. The number of hydrogen-bond donors (Lipinski definition) is 2. The summed E-state index contributed by atoms with van der Waals surface area (Å²) in [5.74, 6) is 0. The Bertz CT molecular complexity index is 508. The van der Waals surface area contributed by atoms with Crippen LogP contribution in [0.1, 0.15) is 25.3 Å². The van der Waals surface area contributed by atoms with Crippen molar-refractivity contribution in [3.63, 3.8) is 0 Å². The highest BCUT2D eigenvalue weighted by atomic mass is 35.5. The van der Waals surface area contributed by atoms with Crippen molar-refractivity contribution in [2.75, 3.05) is 25.4 Å². The number of nitrogens with one attached hydrogen (secondary N) is 1. The number of hydrogen-bond acceptors (Lipinski definition) is 3. The van der Waals surface area contributed by atoms with Gasteiger partial charge in [-0.25, -0.2) is 0 Å². The van der Waals surface area contributed by atoms with Crippen molar-refractivity contribution in [2.24, 2.45) is 0 Å². The molecule has 0 fully saturated rings. The third-order valence-electron chi connectivity index (χ3n) is 3.41. The van der Waals surface area contributed by atoms with E-state index in [9.17, 15) is 0 Å². The first kappa shape index (κ1) is 14.1. The van der Waals surface area contributed by atoms with E-state index in [1.54, 1.807) is 6.07 Å². The first-order valence-corrected chi connectivity index (χ1v) is 7.06. The number of nitrogens with two attached hydrogens (primary N) is 1. The Morgan fingerprint density at radius 3 is 3.00 bits per heavy atom. The van der Waals surface area contributed by atoms with Gasteiger partial charge >= 0.3 is 0 Å². The Hall–Kier alpha value is -1.32. The quantitative estimate of drug-likeness (QED) is 0.655. The van der Waals surface area contributed by atoms with Crippen LogP contribution < -0.4 is 5.73 Å². The lowest BCUT2D eigenvalue weighted by Gasteiger charge is -2.27. The second-order valence-electron chi connectivity index (χ2n) is 4.87. The van der Waals surface area contributed by atoms with Gasteiger partial charge in [0.2, 0.25) is 0 Å². The van der Waals surface area contributed by atoms with Crippen molar-refractivity contribution in [3.8, 4) is 0 Å². The number of nitrogen functional groups attached to an aromatic ring is 1. The third-order valence-corrected chi connectivity index (χ3v) is 3.74.